The van der Waals surface area contributed by atoms with E-state index >= 15 is 0 Å². The Balaban J connectivity index is 2.01. The Hall–Kier alpha value is -1.84. The van der Waals surface area contributed by atoms with Gasteiger partial charge in [-0.1, -0.05) is 5.92 Å². The SMILES string of the molecule is C#Cc1cncc(C2(C#N)C[C@H]3CC[C@@H](C2)N3C)c1. The predicted molar refractivity (Wildman–Crippen MR) is 73.3 cm³/mol. The maximum atomic E-state index is 9.76. The lowest BCUT2D eigenvalue weighted by Gasteiger charge is -2.41. The molecule has 19 heavy (non-hydrogen) atoms. The average Bonchev–Trinajstić information content (AvgIpc) is 2.69. The molecule has 2 aliphatic rings. The van der Waals surface area contributed by atoms with E-state index in [1.807, 2.05) is 12.3 Å². The van der Waals surface area contributed by atoms with E-state index in [2.05, 4.69) is 28.9 Å². The molecule has 0 amide bonds. The smallest absolute Gasteiger partial charge is 0.0867 e. The van der Waals surface area contributed by atoms with Gasteiger partial charge in [-0.25, -0.2) is 0 Å². The predicted octanol–water partition coefficient (Wildman–Crippen LogP) is 2.08. The van der Waals surface area contributed by atoms with Crippen molar-refractivity contribution in [3.63, 3.8) is 0 Å². The molecular formula is C16H17N3. The fraction of sp³-hybridized carbons (Fsp3) is 0.500. The standard InChI is InChI=1S/C16H17N3/c1-3-12-6-13(10-18-9-12)16(11-17)7-14-4-5-15(8-16)19(14)2/h1,6,9-10,14-15H,4-5,7-8H2,2H3/t14-,15+,16?. The molecule has 1 aromatic heterocycles. The Morgan fingerprint density at radius 3 is 2.63 bits per heavy atom. The molecule has 96 valence electrons. The van der Waals surface area contributed by atoms with E-state index in [1.54, 1.807) is 6.20 Å². The molecule has 3 heterocycles. The first-order chi connectivity index (χ1) is 9.18. The first-order valence-corrected chi connectivity index (χ1v) is 6.74. The minimum Gasteiger partial charge on any atom is -0.300 e. The van der Waals surface area contributed by atoms with E-state index in [9.17, 15) is 5.26 Å². The van der Waals surface area contributed by atoms with Crippen molar-refractivity contribution in [2.45, 2.75) is 43.2 Å². The number of pyridine rings is 1. The largest absolute Gasteiger partial charge is 0.300 e. The van der Waals surface area contributed by atoms with Gasteiger partial charge in [0.1, 0.15) is 0 Å². The zero-order valence-electron chi connectivity index (χ0n) is 11.1. The third kappa shape index (κ3) is 1.82. The Bertz CT molecular complexity index is 564. The number of hydrogen-bond acceptors (Lipinski definition) is 3. The summed E-state index contributed by atoms with van der Waals surface area (Å²) in [6.07, 6.45) is 13.1. The van der Waals surface area contributed by atoms with Crippen molar-refractivity contribution in [1.29, 1.82) is 5.26 Å². The molecule has 0 aromatic carbocycles. The van der Waals surface area contributed by atoms with Crippen LogP contribution >= 0.6 is 0 Å². The van der Waals surface area contributed by atoms with Crippen molar-refractivity contribution in [3.05, 3.63) is 29.6 Å². The van der Waals surface area contributed by atoms with Crippen LogP contribution in [0.25, 0.3) is 0 Å². The van der Waals surface area contributed by atoms with Gasteiger partial charge in [-0.2, -0.15) is 5.26 Å². The van der Waals surface area contributed by atoms with Gasteiger partial charge < -0.3 is 4.90 Å². The van der Waals surface area contributed by atoms with Crippen molar-refractivity contribution in [2.75, 3.05) is 7.05 Å². The molecule has 0 radical (unpaired) electrons. The zero-order chi connectivity index (χ0) is 13.5. The van der Waals surface area contributed by atoms with Gasteiger partial charge in [0.25, 0.3) is 0 Å². The van der Waals surface area contributed by atoms with Crippen molar-refractivity contribution in [2.24, 2.45) is 0 Å². The third-order valence-electron chi connectivity index (χ3n) is 4.82. The summed E-state index contributed by atoms with van der Waals surface area (Å²) in [4.78, 5) is 6.64. The topological polar surface area (TPSA) is 39.9 Å². The molecule has 0 spiro atoms. The second-order valence-electron chi connectivity index (χ2n) is 5.76. The number of nitrogens with zero attached hydrogens (tertiary/aromatic N) is 3. The lowest BCUT2D eigenvalue weighted by molar-refractivity contribution is 0.135. The van der Waals surface area contributed by atoms with E-state index < -0.39 is 5.41 Å². The molecule has 3 rings (SSSR count). The van der Waals surface area contributed by atoms with Crippen molar-refractivity contribution in [1.82, 2.24) is 9.88 Å². The van der Waals surface area contributed by atoms with E-state index in [0.29, 0.717) is 12.1 Å². The van der Waals surface area contributed by atoms with Gasteiger partial charge >= 0.3 is 0 Å². The summed E-state index contributed by atoms with van der Waals surface area (Å²) in [6, 6.07) is 5.57. The fourth-order valence-corrected chi connectivity index (χ4v) is 3.64. The fourth-order valence-electron chi connectivity index (χ4n) is 3.64. The molecule has 2 aliphatic heterocycles. The van der Waals surface area contributed by atoms with Crippen LogP contribution in [0.5, 0.6) is 0 Å². The Labute approximate surface area is 114 Å². The quantitative estimate of drug-likeness (QED) is 0.717. The van der Waals surface area contributed by atoms with Gasteiger partial charge in [-0.3, -0.25) is 4.98 Å². The summed E-state index contributed by atoms with van der Waals surface area (Å²) >= 11 is 0. The molecule has 0 aliphatic carbocycles. The van der Waals surface area contributed by atoms with Crippen molar-refractivity contribution >= 4 is 0 Å². The van der Waals surface area contributed by atoms with Gasteiger partial charge in [-0.15, -0.1) is 6.42 Å². The number of aromatic nitrogens is 1. The lowest BCUT2D eigenvalue weighted by atomic mass is 9.71. The molecule has 3 atom stereocenters. The monoisotopic (exact) mass is 251 g/mol. The second kappa shape index (κ2) is 4.37. The molecule has 1 aromatic rings. The van der Waals surface area contributed by atoms with Crippen molar-refractivity contribution < 1.29 is 0 Å². The highest BCUT2D eigenvalue weighted by atomic mass is 15.2. The minimum absolute atomic E-state index is 0.405. The van der Waals surface area contributed by atoms with Crippen LogP contribution < -0.4 is 0 Å². The summed E-state index contributed by atoms with van der Waals surface area (Å²) in [5, 5.41) is 9.76. The molecule has 2 saturated heterocycles. The van der Waals surface area contributed by atoms with Crippen LogP contribution in [0.4, 0.5) is 0 Å². The van der Waals surface area contributed by atoms with Crippen LogP contribution in [0.2, 0.25) is 0 Å². The minimum atomic E-state index is -0.405. The Kier molecular flexibility index (Phi) is 2.81. The molecule has 1 unspecified atom stereocenters. The number of piperidine rings is 1. The van der Waals surface area contributed by atoms with Crippen LogP contribution in [0.3, 0.4) is 0 Å². The van der Waals surface area contributed by atoms with Gasteiger partial charge in [0.05, 0.1) is 11.5 Å². The Morgan fingerprint density at radius 1 is 1.37 bits per heavy atom. The lowest BCUT2D eigenvalue weighted by Crippen LogP contribution is -2.47. The highest BCUT2D eigenvalue weighted by Crippen LogP contribution is 2.46. The highest BCUT2D eigenvalue weighted by molar-refractivity contribution is 5.40. The number of fused-ring (bicyclic) bond motifs is 2. The highest BCUT2D eigenvalue weighted by Gasteiger charge is 2.48. The number of nitriles is 1. The van der Waals surface area contributed by atoms with E-state index in [0.717, 1.165) is 24.0 Å². The summed E-state index contributed by atoms with van der Waals surface area (Å²) in [6.45, 7) is 0. The summed E-state index contributed by atoms with van der Waals surface area (Å²) in [5.74, 6) is 2.61. The molecule has 0 N–H and O–H groups in total. The zero-order valence-corrected chi connectivity index (χ0v) is 11.1. The molecule has 3 heteroatoms. The maximum absolute atomic E-state index is 9.76. The molecular weight excluding hydrogens is 234 g/mol. The third-order valence-corrected chi connectivity index (χ3v) is 4.82. The number of hydrogen-bond donors (Lipinski definition) is 0. The molecule has 2 fully saturated rings. The average molecular weight is 251 g/mol. The van der Waals surface area contributed by atoms with Gasteiger partial charge in [0.2, 0.25) is 0 Å². The van der Waals surface area contributed by atoms with Crippen molar-refractivity contribution in [3.8, 4) is 18.4 Å². The summed E-state index contributed by atoms with van der Waals surface area (Å²) in [7, 11) is 2.18. The summed E-state index contributed by atoms with van der Waals surface area (Å²) in [5.41, 5.74) is 1.35. The Morgan fingerprint density at radius 2 is 2.05 bits per heavy atom. The summed E-state index contributed by atoms with van der Waals surface area (Å²) < 4.78 is 0. The first kappa shape index (κ1) is 12.2. The van der Waals surface area contributed by atoms with Gasteiger partial charge in [-0.05, 0) is 44.4 Å². The van der Waals surface area contributed by atoms with Crippen LogP contribution in [-0.2, 0) is 5.41 Å². The van der Waals surface area contributed by atoms with Crippen LogP contribution in [0.1, 0.15) is 36.8 Å². The second-order valence-corrected chi connectivity index (χ2v) is 5.76. The van der Waals surface area contributed by atoms with Crippen LogP contribution in [-0.4, -0.2) is 29.0 Å². The van der Waals surface area contributed by atoms with Crippen LogP contribution in [0, 0.1) is 23.7 Å². The van der Waals surface area contributed by atoms with E-state index in [1.165, 1.54) is 12.8 Å². The maximum Gasteiger partial charge on any atom is 0.0867 e. The normalized spacial score (nSPS) is 33.6. The molecule has 2 bridgehead atoms. The first-order valence-electron chi connectivity index (χ1n) is 6.74. The number of terminal acetylenes is 1. The van der Waals surface area contributed by atoms with Gasteiger partial charge in [0.15, 0.2) is 0 Å². The number of rotatable bonds is 1. The van der Waals surface area contributed by atoms with E-state index in [-0.39, 0.29) is 0 Å². The molecule has 0 saturated carbocycles. The van der Waals surface area contributed by atoms with Crippen LogP contribution in [0.15, 0.2) is 18.5 Å². The van der Waals surface area contributed by atoms with Gasteiger partial charge in [0, 0.05) is 30.0 Å². The molecule has 3 nitrogen and oxygen atoms in total. The van der Waals surface area contributed by atoms with E-state index in [4.69, 9.17) is 6.42 Å².